The lowest BCUT2D eigenvalue weighted by molar-refractivity contribution is 0.135. The van der Waals surface area contributed by atoms with Gasteiger partial charge in [0.1, 0.15) is 0 Å². The van der Waals surface area contributed by atoms with E-state index in [4.69, 9.17) is 22.4 Å². The number of ether oxygens (including phenoxy) is 2. The molecule has 0 atom stereocenters. The average molecular weight is 254 g/mol. The monoisotopic (exact) mass is 254 g/mol. The Morgan fingerprint density at radius 3 is 1.71 bits per heavy atom. The highest BCUT2D eigenvalue weighted by Gasteiger charge is 2.16. The molecule has 0 bridgehead atoms. The zero-order valence-corrected chi connectivity index (χ0v) is 8.70. The standard InChI is InChI=1S/C5H2O6S3/c6-3(7)10-1-2(11-4(8)9)14-5(12)13-1/h(H,6,7)(H,8,9). The van der Waals surface area contributed by atoms with Crippen LogP contribution in [0.5, 0.6) is 10.1 Å². The molecule has 1 rings (SSSR count). The second-order valence-electron chi connectivity index (χ2n) is 1.76. The van der Waals surface area contributed by atoms with Crippen molar-refractivity contribution in [2.45, 2.75) is 0 Å². The molecule has 1 aromatic rings. The number of rotatable bonds is 2. The largest absolute Gasteiger partial charge is 0.512 e. The molecular weight excluding hydrogens is 252 g/mol. The minimum absolute atomic E-state index is 0.171. The van der Waals surface area contributed by atoms with Crippen LogP contribution in [0.1, 0.15) is 0 Å². The molecule has 0 aliphatic carbocycles. The SMILES string of the molecule is O=C(O)Oc1sc(=S)sc1OC(=O)O. The van der Waals surface area contributed by atoms with E-state index in [1.165, 1.54) is 0 Å². The summed E-state index contributed by atoms with van der Waals surface area (Å²) in [5.74, 6) is 0. The lowest BCUT2D eigenvalue weighted by Crippen LogP contribution is -2.06. The van der Waals surface area contributed by atoms with Gasteiger partial charge in [-0.15, -0.1) is 0 Å². The summed E-state index contributed by atoms with van der Waals surface area (Å²) in [6, 6.07) is 0. The van der Waals surface area contributed by atoms with Crippen LogP contribution >= 0.6 is 34.9 Å². The zero-order valence-electron chi connectivity index (χ0n) is 6.25. The van der Waals surface area contributed by atoms with Gasteiger partial charge in [-0.1, -0.05) is 34.9 Å². The van der Waals surface area contributed by atoms with Crippen LogP contribution in [-0.4, -0.2) is 22.5 Å². The number of hydrogen-bond donors (Lipinski definition) is 2. The summed E-state index contributed by atoms with van der Waals surface area (Å²) in [6.07, 6.45) is -3.10. The molecule has 0 aliphatic heterocycles. The molecule has 14 heavy (non-hydrogen) atoms. The van der Waals surface area contributed by atoms with E-state index in [0.29, 0.717) is 3.14 Å². The van der Waals surface area contributed by atoms with Crippen LogP contribution in [0.4, 0.5) is 9.59 Å². The molecule has 0 aliphatic rings. The van der Waals surface area contributed by atoms with Gasteiger partial charge in [0, 0.05) is 0 Å². The van der Waals surface area contributed by atoms with E-state index in [0.717, 1.165) is 22.7 Å². The van der Waals surface area contributed by atoms with Crippen molar-refractivity contribution >= 4 is 47.2 Å². The maximum Gasteiger partial charge on any atom is 0.512 e. The first-order valence-corrected chi connectivity index (χ1v) is 4.98. The van der Waals surface area contributed by atoms with Crippen molar-refractivity contribution in [1.82, 2.24) is 0 Å². The second kappa shape index (κ2) is 4.35. The Morgan fingerprint density at radius 2 is 1.43 bits per heavy atom. The van der Waals surface area contributed by atoms with Crippen molar-refractivity contribution < 1.29 is 29.3 Å². The number of hydrogen-bond acceptors (Lipinski definition) is 7. The maximum atomic E-state index is 10.2. The van der Waals surface area contributed by atoms with Crippen LogP contribution in [-0.2, 0) is 0 Å². The third kappa shape index (κ3) is 2.94. The normalized spacial score (nSPS) is 9.43. The van der Waals surface area contributed by atoms with Gasteiger partial charge in [0.25, 0.3) is 0 Å². The summed E-state index contributed by atoms with van der Waals surface area (Å²) >= 11 is 6.37. The quantitative estimate of drug-likeness (QED) is 0.619. The number of carbonyl (C=O) groups is 2. The molecule has 0 spiro atoms. The summed E-state index contributed by atoms with van der Waals surface area (Å²) in [5, 5.41) is 16.2. The molecule has 76 valence electrons. The van der Waals surface area contributed by atoms with Crippen LogP contribution < -0.4 is 9.47 Å². The minimum atomic E-state index is -1.55. The van der Waals surface area contributed by atoms with E-state index in [1.807, 2.05) is 0 Å². The van der Waals surface area contributed by atoms with Crippen molar-refractivity contribution in [2.24, 2.45) is 0 Å². The second-order valence-corrected chi connectivity index (χ2v) is 4.91. The first kappa shape index (κ1) is 10.9. The predicted molar refractivity (Wildman–Crippen MR) is 50.3 cm³/mol. The van der Waals surface area contributed by atoms with E-state index < -0.39 is 12.3 Å². The van der Waals surface area contributed by atoms with Crippen LogP contribution in [0.25, 0.3) is 0 Å². The molecule has 0 unspecified atom stereocenters. The summed E-state index contributed by atoms with van der Waals surface area (Å²) in [7, 11) is 0. The number of carboxylic acid groups (broad SMARTS) is 2. The Kier molecular flexibility index (Phi) is 3.38. The molecule has 0 aromatic carbocycles. The predicted octanol–water partition coefficient (Wildman–Crippen LogP) is 2.65. The fourth-order valence-corrected chi connectivity index (χ4v) is 2.64. The molecule has 0 amide bonds. The summed E-state index contributed by atoms with van der Waals surface area (Å²) in [5.41, 5.74) is 0. The summed E-state index contributed by atoms with van der Waals surface area (Å²) in [6.45, 7) is 0. The Labute approximate surface area is 89.9 Å². The summed E-state index contributed by atoms with van der Waals surface area (Å²) < 4.78 is 8.83. The van der Waals surface area contributed by atoms with Crippen LogP contribution in [0.2, 0.25) is 0 Å². The fourth-order valence-electron chi connectivity index (χ4n) is 0.539. The zero-order chi connectivity index (χ0) is 10.7. The van der Waals surface area contributed by atoms with Crippen LogP contribution in [0.15, 0.2) is 0 Å². The topological polar surface area (TPSA) is 93.1 Å². The molecule has 2 N–H and O–H groups in total. The molecular formula is C5H2O6S3. The van der Waals surface area contributed by atoms with Gasteiger partial charge in [0.15, 0.2) is 3.14 Å². The van der Waals surface area contributed by atoms with Gasteiger partial charge in [-0.3, -0.25) is 0 Å². The first-order valence-electron chi connectivity index (χ1n) is 2.94. The first-order chi connectivity index (χ1) is 6.49. The Morgan fingerprint density at radius 1 is 1.07 bits per heavy atom. The highest BCUT2D eigenvalue weighted by atomic mass is 32.2. The smallest absolute Gasteiger partial charge is 0.449 e. The Hall–Kier alpha value is -1.19. The molecule has 1 aromatic heterocycles. The Bertz CT molecular complexity index is 381. The Balaban J connectivity index is 2.96. The van der Waals surface area contributed by atoms with Crippen molar-refractivity contribution in [3.63, 3.8) is 0 Å². The van der Waals surface area contributed by atoms with Gasteiger partial charge in [-0.2, -0.15) is 0 Å². The highest BCUT2D eigenvalue weighted by molar-refractivity contribution is 7.76. The van der Waals surface area contributed by atoms with Crippen molar-refractivity contribution in [3.05, 3.63) is 3.14 Å². The fraction of sp³-hybridized carbons (Fsp3) is 0. The highest BCUT2D eigenvalue weighted by Crippen LogP contribution is 2.40. The van der Waals surface area contributed by atoms with Crippen molar-refractivity contribution in [2.75, 3.05) is 0 Å². The van der Waals surface area contributed by atoms with E-state index >= 15 is 0 Å². The van der Waals surface area contributed by atoms with Gasteiger partial charge in [0.05, 0.1) is 0 Å². The van der Waals surface area contributed by atoms with Gasteiger partial charge in [-0.05, 0) is 0 Å². The molecule has 0 radical (unpaired) electrons. The molecule has 0 saturated carbocycles. The van der Waals surface area contributed by atoms with E-state index in [-0.39, 0.29) is 10.1 Å². The summed E-state index contributed by atoms with van der Waals surface area (Å²) in [4.78, 5) is 20.3. The van der Waals surface area contributed by atoms with Gasteiger partial charge >= 0.3 is 12.3 Å². The third-order valence-electron chi connectivity index (χ3n) is 0.879. The average Bonchev–Trinajstić information content (AvgIpc) is 2.28. The molecule has 0 saturated heterocycles. The van der Waals surface area contributed by atoms with E-state index in [2.05, 4.69) is 9.47 Å². The molecule has 1 heterocycles. The van der Waals surface area contributed by atoms with E-state index in [9.17, 15) is 9.59 Å². The van der Waals surface area contributed by atoms with Crippen molar-refractivity contribution in [3.8, 4) is 10.1 Å². The maximum absolute atomic E-state index is 10.2. The lowest BCUT2D eigenvalue weighted by atomic mass is 10.9. The molecule has 6 nitrogen and oxygen atoms in total. The molecule has 9 heteroatoms. The van der Waals surface area contributed by atoms with Gasteiger partial charge in [-0.25, -0.2) is 9.59 Å². The van der Waals surface area contributed by atoms with E-state index in [1.54, 1.807) is 0 Å². The third-order valence-corrected chi connectivity index (χ3v) is 3.25. The van der Waals surface area contributed by atoms with Crippen LogP contribution in [0.3, 0.4) is 0 Å². The van der Waals surface area contributed by atoms with Gasteiger partial charge in [0.2, 0.25) is 10.1 Å². The van der Waals surface area contributed by atoms with Crippen LogP contribution in [0, 0.1) is 3.14 Å². The lowest BCUT2D eigenvalue weighted by Gasteiger charge is -1.97. The molecule has 0 fully saturated rings. The minimum Gasteiger partial charge on any atom is -0.449 e. The van der Waals surface area contributed by atoms with Gasteiger partial charge < -0.3 is 19.7 Å². The van der Waals surface area contributed by atoms with Crippen molar-refractivity contribution in [1.29, 1.82) is 0 Å².